The van der Waals surface area contributed by atoms with Gasteiger partial charge in [-0.2, -0.15) is 0 Å². The molecule has 1 heteroatoms. The fraction of sp³-hybridized carbons (Fsp3) is 0.0357. The summed E-state index contributed by atoms with van der Waals surface area (Å²) >= 11 is 0. The minimum atomic E-state index is 1.07. The molecule has 0 radical (unpaired) electrons. The van der Waals surface area contributed by atoms with Crippen LogP contribution in [0.1, 0.15) is 5.56 Å². The third kappa shape index (κ3) is 2.37. The van der Waals surface area contributed by atoms with Crippen LogP contribution in [-0.4, -0.2) is 4.98 Å². The van der Waals surface area contributed by atoms with Crippen LogP contribution < -0.4 is 0 Å². The predicted molar refractivity (Wildman–Crippen MR) is 122 cm³/mol. The minimum Gasteiger partial charge on any atom is -0.247 e. The molecule has 1 aliphatic rings. The van der Waals surface area contributed by atoms with Gasteiger partial charge >= 0.3 is 0 Å². The summed E-state index contributed by atoms with van der Waals surface area (Å²) in [6.45, 7) is 2.21. The first-order chi connectivity index (χ1) is 14.3. The summed E-state index contributed by atoms with van der Waals surface area (Å²) in [5.41, 5.74) is 12.3. The molecule has 0 aliphatic heterocycles. The second-order valence-corrected chi connectivity index (χ2v) is 7.65. The molecule has 0 unspecified atom stereocenters. The van der Waals surface area contributed by atoms with E-state index in [1.54, 1.807) is 0 Å². The summed E-state index contributed by atoms with van der Waals surface area (Å²) in [6.07, 6.45) is 0. The van der Waals surface area contributed by atoms with Crippen molar-refractivity contribution in [3.05, 3.63) is 103 Å². The highest BCUT2D eigenvalue weighted by Crippen LogP contribution is 2.49. The van der Waals surface area contributed by atoms with Crippen LogP contribution in [0.25, 0.3) is 55.5 Å². The van der Waals surface area contributed by atoms with Crippen molar-refractivity contribution in [2.75, 3.05) is 0 Å². The summed E-state index contributed by atoms with van der Waals surface area (Å²) in [4.78, 5) is 5.12. The molecule has 29 heavy (non-hydrogen) atoms. The molecule has 1 aromatic heterocycles. The molecule has 0 saturated heterocycles. The van der Waals surface area contributed by atoms with Gasteiger partial charge in [0.25, 0.3) is 0 Å². The van der Waals surface area contributed by atoms with E-state index in [4.69, 9.17) is 4.98 Å². The van der Waals surface area contributed by atoms with Gasteiger partial charge in [-0.1, -0.05) is 84.9 Å². The van der Waals surface area contributed by atoms with E-state index >= 15 is 0 Å². The third-order valence-corrected chi connectivity index (χ3v) is 5.98. The number of aromatic nitrogens is 1. The number of fused-ring (bicyclic) bond motifs is 3. The summed E-state index contributed by atoms with van der Waals surface area (Å²) < 4.78 is 0. The average molecular weight is 369 g/mol. The first-order valence-corrected chi connectivity index (χ1v) is 10.0. The molecule has 0 N–H and O–H groups in total. The summed E-state index contributed by atoms with van der Waals surface area (Å²) in [6, 6.07) is 34.4. The van der Waals surface area contributed by atoms with Crippen LogP contribution in [0.3, 0.4) is 0 Å². The number of hydrogen-bond acceptors (Lipinski definition) is 1. The lowest BCUT2D eigenvalue weighted by molar-refractivity contribution is 1.33. The van der Waals surface area contributed by atoms with Crippen molar-refractivity contribution in [2.24, 2.45) is 0 Å². The maximum atomic E-state index is 5.12. The fourth-order valence-electron chi connectivity index (χ4n) is 4.66. The molecule has 4 aromatic carbocycles. The van der Waals surface area contributed by atoms with Gasteiger partial charge in [-0.3, -0.25) is 0 Å². The molecule has 136 valence electrons. The predicted octanol–water partition coefficient (Wildman–Crippen LogP) is 7.52. The maximum Gasteiger partial charge on any atom is 0.0745 e. The van der Waals surface area contributed by atoms with Crippen LogP contribution in [0.5, 0.6) is 0 Å². The summed E-state index contributed by atoms with van der Waals surface area (Å²) in [5, 5.41) is 1.29. The van der Waals surface area contributed by atoms with E-state index in [9.17, 15) is 0 Å². The van der Waals surface area contributed by atoms with Gasteiger partial charge < -0.3 is 0 Å². The summed E-state index contributed by atoms with van der Waals surface area (Å²) in [5.74, 6) is 0. The zero-order valence-electron chi connectivity index (χ0n) is 16.2. The lowest BCUT2D eigenvalue weighted by atomic mass is 9.94. The lowest BCUT2D eigenvalue weighted by Gasteiger charge is -2.13. The zero-order valence-corrected chi connectivity index (χ0v) is 16.2. The molecule has 0 fully saturated rings. The quantitative estimate of drug-likeness (QED) is 0.307. The Hall–Kier alpha value is -3.71. The standard InChI is InChI=1S/C28H19N/c1-18-26-23-14-6-5-13-22(23)24-15-8-16-25(27(24)26)29-28(18)21-12-7-11-20(17-21)19-9-3-2-4-10-19/h2-17H,1H3. The van der Waals surface area contributed by atoms with E-state index in [2.05, 4.69) is 104 Å². The molecular formula is C28H19N. The van der Waals surface area contributed by atoms with Crippen LogP contribution in [0, 0.1) is 6.92 Å². The van der Waals surface area contributed by atoms with Gasteiger partial charge in [-0.25, -0.2) is 4.98 Å². The maximum absolute atomic E-state index is 5.12. The molecule has 0 amide bonds. The second kappa shape index (κ2) is 6.15. The van der Waals surface area contributed by atoms with Crippen molar-refractivity contribution in [3.63, 3.8) is 0 Å². The highest BCUT2D eigenvalue weighted by Gasteiger charge is 2.25. The number of hydrogen-bond donors (Lipinski definition) is 0. The number of nitrogens with zero attached hydrogens (tertiary/aromatic N) is 1. The van der Waals surface area contributed by atoms with Crippen molar-refractivity contribution in [1.82, 2.24) is 4.98 Å². The van der Waals surface area contributed by atoms with E-state index in [-0.39, 0.29) is 0 Å². The van der Waals surface area contributed by atoms with Crippen molar-refractivity contribution in [2.45, 2.75) is 6.92 Å². The van der Waals surface area contributed by atoms with E-state index < -0.39 is 0 Å². The van der Waals surface area contributed by atoms with Gasteiger partial charge in [-0.15, -0.1) is 0 Å². The molecular weight excluding hydrogens is 350 g/mol. The number of benzene rings is 4. The fourth-order valence-corrected chi connectivity index (χ4v) is 4.66. The van der Waals surface area contributed by atoms with E-state index in [0.29, 0.717) is 0 Å². The Labute approximate surface area is 170 Å². The first-order valence-electron chi connectivity index (χ1n) is 10.0. The van der Waals surface area contributed by atoms with Gasteiger partial charge in [0.1, 0.15) is 0 Å². The van der Waals surface area contributed by atoms with Crippen LogP contribution in [0.15, 0.2) is 97.1 Å². The molecule has 1 nitrogen and oxygen atoms in total. The summed E-state index contributed by atoms with van der Waals surface area (Å²) in [7, 11) is 0. The van der Waals surface area contributed by atoms with Crippen molar-refractivity contribution >= 4 is 10.9 Å². The smallest absolute Gasteiger partial charge is 0.0745 e. The average Bonchev–Trinajstić information content (AvgIpc) is 3.13. The molecule has 0 atom stereocenters. The normalized spacial score (nSPS) is 11.6. The number of rotatable bonds is 2. The second-order valence-electron chi connectivity index (χ2n) is 7.65. The Balaban J connectivity index is 1.63. The Morgan fingerprint density at radius 2 is 1.21 bits per heavy atom. The van der Waals surface area contributed by atoms with Crippen LogP contribution in [0.4, 0.5) is 0 Å². The van der Waals surface area contributed by atoms with Gasteiger partial charge in [0, 0.05) is 10.9 Å². The molecule has 0 spiro atoms. The van der Waals surface area contributed by atoms with Crippen LogP contribution in [-0.2, 0) is 0 Å². The van der Waals surface area contributed by atoms with Gasteiger partial charge in [0.2, 0.25) is 0 Å². The van der Waals surface area contributed by atoms with E-state index in [0.717, 1.165) is 16.8 Å². The Morgan fingerprint density at radius 3 is 2.07 bits per heavy atom. The molecule has 6 rings (SSSR count). The van der Waals surface area contributed by atoms with E-state index in [1.165, 1.54) is 44.3 Å². The zero-order chi connectivity index (χ0) is 19.4. The van der Waals surface area contributed by atoms with Crippen molar-refractivity contribution in [3.8, 4) is 44.6 Å². The monoisotopic (exact) mass is 369 g/mol. The van der Waals surface area contributed by atoms with Gasteiger partial charge in [0.15, 0.2) is 0 Å². The highest BCUT2D eigenvalue weighted by molar-refractivity contribution is 6.16. The molecule has 0 bridgehead atoms. The molecule has 0 saturated carbocycles. The Bertz CT molecular complexity index is 1400. The molecule has 1 aliphatic carbocycles. The topological polar surface area (TPSA) is 12.9 Å². The largest absolute Gasteiger partial charge is 0.247 e. The molecule has 5 aromatic rings. The van der Waals surface area contributed by atoms with Crippen LogP contribution >= 0.6 is 0 Å². The highest BCUT2D eigenvalue weighted by atomic mass is 14.7. The Kier molecular flexibility index (Phi) is 3.45. The minimum absolute atomic E-state index is 1.07. The molecule has 1 heterocycles. The lowest BCUT2D eigenvalue weighted by Crippen LogP contribution is -1.93. The SMILES string of the molecule is Cc1c(-c2cccc(-c3ccccc3)c2)nc2cccc3c2c1-c1ccccc1-3. The first kappa shape index (κ1) is 16.3. The van der Waals surface area contributed by atoms with Crippen molar-refractivity contribution < 1.29 is 0 Å². The van der Waals surface area contributed by atoms with Crippen molar-refractivity contribution in [1.29, 1.82) is 0 Å². The Morgan fingerprint density at radius 1 is 0.552 bits per heavy atom. The number of pyridine rings is 1. The van der Waals surface area contributed by atoms with Gasteiger partial charge in [0.05, 0.1) is 11.2 Å². The van der Waals surface area contributed by atoms with E-state index in [1.807, 2.05) is 0 Å². The van der Waals surface area contributed by atoms with Gasteiger partial charge in [-0.05, 0) is 58.0 Å². The van der Waals surface area contributed by atoms with Crippen LogP contribution in [0.2, 0.25) is 0 Å². The third-order valence-electron chi connectivity index (χ3n) is 5.98.